The third-order valence-corrected chi connectivity index (χ3v) is 3.42. The van der Waals surface area contributed by atoms with E-state index in [0.29, 0.717) is 18.3 Å². The second-order valence-electron chi connectivity index (χ2n) is 4.20. The van der Waals surface area contributed by atoms with Crippen LogP contribution in [-0.4, -0.2) is 25.3 Å². The van der Waals surface area contributed by atoms with E-state index in [-0.39, 0.29) is 5.97 Å². The highest BCUT2D eigenvalue weighted by molar-refractivity contribution is 5.89. The number of aliphatic imine (C=N–C) groups is 1. The molecule has 1 heterocycles. The maximum atomic E-state index is 11.2. The first-order chi connectivity index (χ1) is 6.81. The first kappa shape index (κ1) is 9.69. The van der Waals surface area contributed by atoms with Crippen molar-refractivity contribution < 1.29 is 9.53 Å². The Kier molecular flexibility index (Phi) is 2.85. The zero-order valence-corrected chi connectivity index (χ0v) is 8.66. The average Bonchev–Trinajstić information content (AvgIpc) is 2.66. The first-order valence-corrected chi connectivity index (χ1v) is 5.41. The van der Waals surface area contributed by atoms with Crippen LogP contribution in [0.5, 0.6) is 0 Å². The normalized spacial score (nSPS) is 30.8. The first-order valence-electron chi connectivity index (χ1n) is 5.41. The largest absolute Gasteiger partial charge is 0.469 e. The fourth-order valence-corrected chi connectivity index (χ4v) is 2.69. The number of hydrogen-bond donors (Lipinski definition) is 0. The van der Waals surface area contributed by atoms with Gasteiger partial charge in [0.25, 0.3) is 0 Å². The summed E-state index contributed by atoms with van der Waals surface area (Å²) in [4.78, 5) is 15.7. The molecule has 0 aromatic rings. The van der Waals surface area contributed by atoms with E-state index in [1.54, 1.807) is 0 Å². The van der Waals surface area contributed by atoms with Crippen LogP contribution in [0.2, 0.25) is 0 Å². The van der Waals surface area contributed by atoms with Gasteiger partial charge in [0.15, 0.2) is 0 Å². The number of nitrogens with zero attached hydrogens (tertiary/aromatic N) is 1. The van der Waals surface area contributed by atoms with Crippen molar-refractivity contribution in [2.75, 3.05) is 13.7 Å². The van der Waals surface area contributed by atoms with Gasteiger partial charge >= 0.3 is 5.97 Å². The summed E-state index contributed by atoms with van der Waals surface area (Å²) in [5, 5.41) is 0. The molecule has 3 nitrogen and oxygen atoms in total. The van der Waals surface area contributed by atoms with E-state index in [2.05, 4.69) is 4.99 Å². The van der Waals surface area contributed by atoms with Crippen molar-refractivity contribution in [1.29, 1.82) is 0 Å². The Morgan fingerprint density at radius 1 is 1.57 bits per heavy atom. The van der Waals surface area contributed by atoms with Gasteiger partial charge in [0.05, 0.1) is 7.11 Å². The lowest BCUT2D eigenvalue weighted by molar-refractivity contribution is -0.142. The molecule has 1 aliphatic carbocycles. The van der Waals surface area contributed by atoms with Gasteiger partial charge < -0.3 is 4.74 Å². The maximum absolute atomic E-state index is 11.2. The summed E-state index contributed by atoms with van der Waals surface area (Å²) in [5.74, 6) is 1.02. The van der Waals surface area contributed by atoms with Crippen molar-refractivity contribution >= 4 is 11.7 Å². The number of methoxy groups -OCH3 is 1. The molecule has 0 aromatic carbocycles. The molecule has 3 heteroatoms. The molecule has 0 amide bonds. The predicted molar refractivity (Wildman–Crippen MR) is 54.4 cm³/mol. The second kappa shape index (κ2) is 4.11. The monoisotopic (exact) mass is 195 g/mol. The molecule has 2 atom stereocenters. The Bertz CT molecular complexity index is 260. The minimum absolute atomic E-state index is 0.0665. The smallest absolute Gasteiger partial charge is 0.305 e. The fraction of sp³-hybridized carbons (Fsp3) is 0.818. The van der Waals surface area contributed by atoms with Gasteiger partial charge in [-0.25, -0.2) is 0 Å². The van der Waals surface area contributed by atoms with E-state index < -0.39 is 0 Å². The number of carbonyl (C=O) groups excluding carboxylic acids is 1. The molecule has 78 valence electrons. The van der Waals surface area contributed by atoms with Gasteiger partial charge in [-0.1, -0.05) is 0 Å². The zero-order chi connectivity index (χ0) is 9.97. The minimum Gasteiger partial charge on any atom is -0.469 e. The van der Waals surface area contributed by atoms with E-state index in [1.165, 1.54) is 25.7 Å². The molecule has 0 spiro atoms. The van der Waals surface area contributed by atoms with Crippen LogP contribution in [0.25, 0.3) is 0 Å². The molecule has 0 bridgehead atoms. The van der Waals surface area contributed by atoms with Gasteiger partial charge in [-0.3, -0.25) is 9.79 Å². The van der Waals surface area contributed by atoms with Crippen molar-refractivity contribution in [2.24, 2.45) is 16.8 Å². The van der Waals surface area contributed by atoms with E-state index in [0.717, 1.165) is 19.4 Å². The Balaban J connectivity index is 1.98. The van der Waals surface area contributed by atoms with Gasteiger partial charge in [0.1, 0.15) is 0 Å². The highest BCUT2D eigenvalue weighted by Crippen LogP contribution is 2.36. The molecule has 0 radical (unpaired) electrons. The summed E-state index contributed by atoms with van der Waals surface area (Å²) in [6.07, 6.45) is 5.25. The lowest BCUT2D eigenvalue weighted by Gasteiger charge is -2.28. The fourth-order valence-electron chi connectivity index (χ4n) is 2.69. The molecule has 14 heavy (non-hydrogen) atoms. The second-order valence-corrected chi connectivity index (χ2v) is 4.20. The molecule has 0 aromatic heterocycles. The maximum Gasteiger partial charge on any atom is 0.305 e. The van der Waals surface area contributed by atoms with E-state index in [9.17, 15) is 4.79 Å². The van der Waals surface area contributed by atoms with Crippen molar-refractivity contribution in [1.82, 2.24) is 0 Å². The van der Waals surface area contributed by atoms with Crippen molar-refractivity contribution in [3.8, 4) is 0 Å². The topological polar surface area (TPSA) is 38.7 Å². The number of esters is 1. The highest BCUT2D eigenvalue weighted by atomic mass is 16.5. The van der Waals surface area contributed by atoms with Crippen molar-refractivity contribution in [2.45, 2.75) is 32.1 Å². The van der Waals surface area contributed by atoms with Crippen LogP contribution in [0, 0.1) is 11.8 Å². The zero-order valence-electron chi connectivity index (χ0n) is 8.66. The van der Waals surface area contributed by atoms with Gasteiger partial charge in [0, 0.05) is 24.6 Å². The van der Waals surface area contributed by atoms with E-state index in [1.807, 2.05) is 0 Å². The molecule has 2 aliphatic rings. The standard InChI is InChI=1S/C11H17NO2/c1-14-11(13)7-8-3-2-4-10-9(8)5-6-12-10/h8-9H,2-7H2,1H3/t8-,9-/m1/s1. The summed E-state index contributed by atoms with van der Waals surface area (Å²) in [6.45, 7) is 0.970. The number of fused-ring (bicyclic) bond motifs is 1. The van der Waals surface area contributed by atoms with Gasteiger partial charge in [-0.2, -0.15) is 0 Å². The number of ether oxygens (including phenoxy) is 1. The molecule has 0 unspecified atom stereocenters. The van der Waals surface area contributed by atoms with Crippen LogP contribution in [-0.2, 0) is 9.53 Å². The van der Waals surface area contributed by atoms with Crippen molar-refractivity contribution in [3.05, 3.63) is 0 Å². The summed E-state index contributed by atoms with van der Waals surface area (Å²) < 4.78 is 4.72. The van der Waals surface area contributed by atoms with Crippen LogP contribution < -0.4 is 0 Å². The number of rotatable bonds is 2. The lowest BCUT2D eigenvalue weighted by Crippen LogP contribution is -2.28. The number of hydrogen-bond acceptors (Lipinski definition) is 3. The summed E-state index contributed by atoms with van der Waals surface area (Å²) >= 11 is 0. The molecule has 2 rings (SSSR count). The van der Waals surface area contributed by atoms with Crippen molar-refractivity contribution in [3.63, 3.8) is 0 Å². The Labute approximate surface area is 84.5 Å². The van der Waals surface area contributed by atoms with Gasteiger partial charge in [0.2, 0.25) is 0 Å². The SMILES string of the molecule is COC(=O)C[C@H]1CCCC2=NCC[C@@H]21. The molecule has 0 N–H and O–H groups in total. The Morgan fingerprint density at radius 3 is 3.21 bits per heavy atom. The van der Waals surface area contributed by atoms with Crippen LogP contribution in [0.3, 0.4) is 0 Å². The van der Waals surface area contributed by atoms with Crippen LogP contribution in [0.4, 0.5) is 0 Å². The average molecular weight is 195 g/mol. The predicted octanol–water partition coefficient (Wildman–Crippen LogP) is 1.81. The third-order valence-electron chi connectivity index (χ3n) is 3.42. The summed E-state index contributed by atoms with van der Waals surface area (Å²) in [6, 6.07) is 0. The van der Waals surface area contributed by atoms with Crippen LogP contribution in [0.1, 0.15) is 32.1 Å². The minimum atomic E-state index is -0.0665. The molecule has 1 aliphatic heterocycles. The molecule has 1 fully saturated rings. The lowest BCUT2D eigenvalue weighted by atomic mass is 9.76. The van der Waals surface area contributed by atoms with E-state index in [4.69, 9.17) is 4.74 Å². The molecular weight excluding hydrogens is 178 g/mol. The summed E-state index contributed by atoms with van der Waals surface area (Å²) in [5.41, 5.74) is 1.37. The quantitative estimate of drug-likeness (QED) is 0.630. The van der Waals surface area contributed by atoms with Crippen LogP contribution in [0.15, 0.2) is 4.99 Å². The van der Waals surface area contributed by atoms with Crippen LogP contribution >= 0.6 is 0 Å². The number of carbonyl (C=O) groups is 1. The Hall–Kier alpha value is -0.860. The summed E-state index contributed by atoms with van der Waals surface area (Å²) in [7, 11) is 1.47. The molecular formula is C11H17NO2. The molecule has 1 saturated carbocycles. The third kappa shape index (κ3) is 1.81. The van der Waals surface area contributed by atoms with Gasteiger partial charge in [-0.15, -0.1) is 0 Å². The van der Waals surface area contributed by atoms with E-state index >= 15 is 0 Å². The highest BCUT2D eigenvalue weighted by Gasteiger charge is 2.33. The Morgan fingerprint density at radius 2 is 2.43 bits per heavy atom. The molecule has 0 saturated heterocycles. The van der Waals surface area contributed by atoms with Gasteiger partial charge in [-0.05, 0) is 31.6 Å².